The lowest BCUT2D eigenvalue weighted by Gasteiger charge is -2.20. The van der Waals surface area contributed by atoms with Crippen LogP contribution in [0, 0.1) is 0 Å². The molecule has 1 aliphatic heterocycles. The standard InChI is InChI=1S/C21H19N3O6/c1-12(24-19(27)16-8-3-4-9-17(16)20(24)28)21(29)30-11-18(26)23-15-7-5-6-14(10-15)22-13(2)25/h3-10,12H,11H2,1-2H3,(H,22,25)(H,23,26)/t12-/m1/s1. The number of ether oxygens (including phenoxy) is 1. The van der Waals surface area contributed by atoms with Crippen LogP contribution in [0.25, 0.3) is 0 Å². The first-order chi connectivity index (χ1) is 14.3. The van der Waals surface area contributed by atoms with Gasteiger partial charge in [-0.25, -0.2) is 4.79 Å². The van der Waals surface area contributed by atoms with Crippen LogP contribution in [0.5, 0.6) is 0 Å². The molecule has 0 unspecified atom stereocenters. The van der Waals surface area contributed by atoms with Crippen molar-refractivity contribution in [1.29, 1.82) is 0 Å². The molecule has 0 spiro atoms. The SMILES string of the molecule is CC(=O)Nc1cccc(NC(=O)COC(=O)[C@@H](C)N2C(=O)c3ccccc3C2=O)c1. The molecular formula is C21H19N3O6. The first-order valence-electron chi connectivity index (χ1n) is 9.09. The molecule has 2 aromatic carbocycles. The van der Waals surface area contributed by atoms with Gasteiger partial charge in [0.2, 0.25) is 5.91 Å². The van der Waals surface area contributed by atoms with Crippen molar-refractivity contribution in [2.45, 2.75) is 19.9 Å². The van der Waals surface area contributed by atoms with E-state index < -0.39 is 36.3 Å². The largest absolute Gasteiger partial charge is 0.454 e. The van der Waals surface area contributed by atoms with Gasteiger partial charge in [0.05, 0.1) is 11.1 Å². The predicted molar refractivity (Wildman–Crippen MR) is 107 cm³/mol. The third kappa shape index (κ3) is 4.35. The molecule has 4 amide bonds. The topological polar surface area (TPSA) is 122 Å². The fourth-order valence-corrected chi connectivity index (χ4v) is 3.00. The number of imide groups is 1. The minimum absolute atomic E-state index is 0.221. The molecule has 0 bridgehead atoms. The number of rotatable bonds is 6. The maximum Gasteiger partial charge on any atom is 0.329 e. The van der Waals surface area contributed by atoms with Crippen LogP contribution in [-0.2, 0) is 19.1 Å². The van der Waals surface area contributed by atoms with Gasteiger partial charge in [-0.15, -0.1) is 0 Å². The number of amides is 4. The molecule has 154 valence electrons. The van der Waals surface area contributed by atoms with Crippen molar-refractivity contribution in [3.8, 4) is 0 Å². The molecule has 1 heterocycles. The Hall–Kier alpha value is -4.01. The molecule has 0 aromatic heterocycles. The lowest BCUT2D eigenvalue weighted by Crippen LogP contribution is -2.44. The van der Waals surface area contributed by atoms with Crippen molar-refractivity contribution in [2.24, 2.45) is 0 Å². The second-order valence-corrected chi connectivity index (χ2v) is 6.62. The van der Waals surface area contributed by atoms with Crippen molar-refractivity contribution in [3.05, 3.63) is 59.7 Å². The van der Waals surface area contributed by atoms with Crippen LogP contribution in [-0.4, -0.2) is 47.1 Å². The maximum atomic E-state index is 12.4. The average molecular weight is 409 g/mol. The van der Waals surface area contributed by atoms with Gasteiger partial charge in [0.25, 0.3) is 17.7 Å². The molecule has 30 heavy (non-hydrogen) atoms. The zero-order chi connectivity index (χ0) is 21.8. The quantitative estimate of drug-likeness (QED) is 0.554. The summed E-state index contributed by atoms with van der Waals surface area (Å²) in [4.78, 5) is 61.2. The van der Waals surface area contributed by atoms with Crippen molar-refractivity contribution in [3.63, 3.8) is 0 Å². The highest BCUT2D eigenvalue weighted by Gasteiger charge is 2.41. The Morgan fingerprint density at radius 2 is 1.50 bits per heavy atom. The monoisotopic (exact) mass is 409 g/mol. The van der Waals surface area contributed by atoms with E-state index in [1.807, 2.05) is 0 Å². The highest BCUT2D eigenvalue weighted by atomic mass is 16.5. The molecule has 0 saturated heterocycles. The number of hydrogen-bond acceptors (Lipinski definition) is 6. The molecule has 0 saturated carbocycles. The zero-order valence-electron chi connectivity index (χ0n) is 16.3. The van der Waals surface area contributed by atoms with Crippen LogP contribution < -0.4 is 10.6 Å². The molecule has 2 N–H and O–H groups in total. The molecule has 9 nitrogen and oxygen atoms in total. The van der Waals surface area contributed by atoms with Gasteiger partial charge in [0.15, 0.2) is 6.61 Å². The van der Waals surface area contributed by atoms with E-state index in [4.69, 9.17) is 4.74 Å². The zero-order valence-corrected chi connectivity index (χ0v) is 16.3. The van der Waals surface area contributed by atoms with Gasteiger partial charge < -0.3 is 15.4 Å². The first kappa shape index (κ1) is 20.7. The Kier molecular flexibility index (Phi) is 5.91. The van der Waals surface area contributed by atoms with Gasteiger partial charge in [-0.2, -0.15) is 0 Å². The first-order valence-corrected chi connectivity index (χ1v) is 9.09. The minimum Gasteiger partial charge on any atom is -0.454 e. The van der Waals surface area contributed by atoms with Crippen molar-refractivity contribution < 1.29 is 28.7 Å². The summed E-state index contributed by atoms with van der Waals surface area (Å²) in [6, 6.07) is 11.5. The van der Waals surface area contributed by atoms with E-state index in [2.05, 4.69) is 10.6 Å². The van der Waals surface area contributed by atoms with Gasteiger partial charge in [0.1, 0.15) is 6.04 Å². The highest BCUT2D eigenvalue weighted by Crippen LogP contribution is 2.24. The summed E-state index contributed by atoms with van der Waals surface area (Å²) in [6.45, 7) is 2.12. The Morgan fingerprint density at radius 3 is 2.07 bits per heavy atom. The number of hydrogen-bond donors (Lipinski definition) is 2. The number of benzene rings is 2. The molecule has 3 rings (SSSR count). The van der Waals surface area contributed by atoms with E-state index in [-0.39, 0.29) is 17.0 Å². The number of fused-ring (bicyclic) bond motifs is 1. The third-order valence-electron chi connectivity index (χ3n) is 4.37. The normalized spacial score (nSPS) is 13.5. The fourth-order valence-electron chi connectivity index (χ4n) is 3.00. The van der Waals surface area contributed by atoms with E-state index in [0.29, 0.717) is 11.4 Å². The van der Waals surface area contributed by atoms with Crippen LogP contribution in [0.1, 0.15) is 34.6 Å². The van der Waals surface area contributed by atoms with Crippen molar-refractivity contribution in [2.75, 3.05) is 17.2 Å². The van der Waals surface area contributed by atoms with Gasteiger partial charge in [-0.05, 0) is 37.3 Å². The summed E-state index contributed by atoms with van der Waals surface area (Å²) >= 11 is 0. The summed E-state index contributed by atoms with van der Waals surface area (Å²) in [5.74, 6) is -2.92. The summed E-state index contributed by atoms with van der Waals surface area (Å²) in [7, 11) is 0. The second-order valence-electron chi connectivity index (χ2n) is 6.62. The Morgan fingerprint density at radius 1 is 0.933 bits per heavy atom. The van der Waals surface area contributed by atoms with E-state index in [1.54, 1.807) is 36.4 Å². The number of esters is 1. The lowest BCUT2D eigenvalue weighted by atomic mass is 10.1. The smallest absolute Gasteiger partial charge is 0.329 e. The number of nitrogens with zero attached hydrogens (tertiary/aromatic N) is 1. The average Bonchev–Trinajstić information content (AvgIpc) is 2.96. The van der Waals surface area contributed by atoms with E-state index in [0.717, 1.165) is 4.90 Å². The van der Waals surface area contributed by atoms with Gasteiger partial charge >= 0.3 is 5.97 Å². The van der Waals surface area contributed by atoms with Crippen LogP contribution in [0.15, 0.2) is 48.5 Å². The third-order valence-corrected chi connectivity index (χ3v) is 4.37. The number of anilines is 2. The Labute approximate surface area is 172 Å². The Balaban J connectivity index is 1.57. The summed E-state index contributed by atoms with van der Waals surface area (Å²) in [5.41, 5.74) is 1.34. The van der Waals surface area contributed by atoms with E-state index in [1.165, 1.54) is 26.0 Å². The molecular weight excluding hydrogens is 390 g/mol. The van der Waals surface area contributed by atoms with Gasteiger partial charge in [0, 0.05) is 18.3 Å². The molecule has 1 aliphatic rings. The molecule has 0 radical (unpaired) electrons. The molecule has 1 atom stereocenters. The lowest BCUT2D eigenvalue weighted by molar-refractivity contribution is -0.150. The number of carbonyl (C=O) groups excluding carboxylic acids is 5. The van der Waals surface area contributed by atoms with Crippen LogP contribution in [0.4, 0.5) is 11.4 Å². The fraction of sp³-hybridized carbons (Fsp3) is 0.190. The Bertz CT molecular complexity index is 1010. The van der Waals surface area contributed by atoms with Crippen LogP contribution in [0.3, 0.4) is 0 Å². The maximum absolute atomic E-state index is 12.4. The molecule has 2 aromatic rings. The molecule has 9 heteroatoms. The number of carbonyl (C=O) groups is 5. The highest BCUT2D eigenvalue weighted by molar-refractivity contribution is 6.22. The van der Waals surface area contributed by atoms with E-state index in [9.17, 15) is 24.0 Å². The predicted octanol–water partition coefficient (Wildman–Crippen LogP) is 1.81. The molecule has 0 fully saturated rings. The van der Waals surface area contributed by atoms with Gasteiger partial charge in [-0.1, -0.05) is 18.2 Å². The van der Waals surface area contributed by atoms with Crippen molar-refractivity contribution >= 4 is 41.0 Å². The summed E-state index contributed by atoms with van der Waals surface area (Å²) in [5, 5.41) is 5.12. The van der Waals surface area contributed by atoms with Gasteiger partial charge in [-0.3, -0.25) is 24.1 Å². The second kappa shape index (κ2) is 8.56. The molecule has 0 aliphatic carbocycles. The summed E-state index contributed by atoms with van der Waals surface area (Å²) < 4.78 is 4.97. The summed E-state index contributed by atoms with van der Waals surface area (Å²) in [6.07, 6.45) is 0. The van der Waals surface area contributed by atoms with Crippen molar-refractivity contribution in [1.82, 2.24) is 4.90 Å². The minimum atomic E-state index is -1.19. The van der Waals surface area contributed by atoms with E-state index >= 15 is 0 Å². The van der Waals surface area contributed by atoms with Crippen LogP contribution in [0.2, 0.25) is 0 Å². The van der Waals surface area contributed by atoms with Crippen LogP contribution >= 0.6 is 0 Å². The number of nitrogens with one attached hydrogen (secondary N) is 2.